The topological polar surface area (TPSA) is 117 Å². The first-order valence-electron chi connectivity index (χ1n) is 18.0. The zero-order valence-electron chi connectivity index (χ0n) is 29.9. The molecule has 2 heterocycles. The largest absolute Gasteiger partial charge is 0.392 e. The molecule has 270 valence electrons. The fourth-order valence-corrected chi connectivity index (χ4v) is 6.80. The van der Waals surface area contributed by atoms with E-state index in [1.54, 1.807) is 0 Å². The van der Waals surface area contributed by atoms with Crippen molar-refractivity contribution in [3.8, 4) is 11.1 Å². The molecule has 3 N–H and O–H groups in total. The standard InChI is InChI=1S/C44H44N4O5/c1-29(42(50)33-10-4-3-5-11-33)48(2)27-36-24-41(32-18-16-30(28-49)17-19-32)53-44(52-36)34-22-20-31(21-23-34)37-13-7-6-12-35(37)25-46-43(51)40-26-45-38-14-8-9-15-39(38)47-40/h3-23,26,29,36,41-42,44,49-50H,24-25,27-28H2,1-2H3,(H,46,51). The van der Waals surface area contributed by atoms with Crippen LogP contribution in [0.5, 0.6) is 0 Å². The Hall–Kier alpha value is -5.29. The number of rotatable bonds is 12. The summed E-state index contributed by atoms with van der Waals surface area (Å²) >= 11 is 0. The van der Waals surface area contributed by atoms with Gasteiger partial charge in [0.2, 0.25) is 0 Å². The summed E-state index contributed by atoms with van der Waals surface area (Å²) in [6.45, 7) is 2.92. The van der Waals surface area contributed by atoms with Crippen LogP contribution < -0.4 is 5.32 Å². The Morgan fingerprint density at radius 1 is 0.849 bits per heavy atom. The van der Waals surface area contributed by atoms with Crippen molar-refractivity contribution in [1.82, 2.24) is 20.2 Å². The predicted octanol–water partition coefficient (Wildman–Crippen LogP) is 7.32. The molecule has 1 aliphatic rings. The lowest BCUT2D eigenvalue weighted by atomic mass is 9.97. The number of hydrogen-bond acceptors (Lipinski definition) is 8. The average Bonchev–Trinajstić information content (AvgIpc) is 3.22. The maximum Gasteiger partial charge on any atom is 0.271 e. The number of carbonyl (C=O) groups excluding carboxylic acids is 1. The van der Waals surface area contributed by atoms with E-state index in [4.69, 9.17) is 9.47 Å². The van der Waals surface area contributed by atoms with Crippen molar-refractivity contribution >= 4 is 16.9 Å². The first kappa shape index (κ1) is 36.1. The van der Waals surface area contributed by atoms with Crippen LogP contribution in [0.4, 0.5) is 0 Å². The van der Waals surface area contributed by atoms with Gasteiger partial charge in [0.1, 0.15) is 5.69 Å². The molecule has 5 aromatic carbocycles. The number of benzene rings is 5. The van der Waals surface area contributed by atoms with Crippen molar-refractivity contribution in [3.05, 3.63) is 167 Å². The fourth-order valence-electron chi connectivity index (χ4n) is 6.80. The van der Waals surface area contributed by atoms with Crippen LogP contribution in [0.3, 0.4) is 0 Å². The van der Waals surface area contributed by atoms with E-state index in [-0.39, 0.29) is 36.5 Å². The van der Waals surface area contributed by atoms with Gasteiger partial charge in [-0.15, -0.1) is 0 Å². The molecule has 1 aromatic heterocycles. The number of hydrogen-bond donors (Lipinski definition) is 3. The number of fused-ring (bicyclic) bond motifs is 1. The molecule has 0 saturated carbocycles. The van der Waals surface area contributed by atoms with Crippen LogP contribution in [-0.2, 0) is 22.6 Å². The van der Waals surface area contributed by atoms with Crippen LogP contribution in [0.1, 0.15) is 70.1 Å². The average molecular weight is 709 g/mol. The lowest BCUT2D eigenvalue weighted by Gasteiger charge is -2.39. The zero-order chi connectivity index (χ0) is 36.7. The second-order valence-corrected chi connectivity index (χ2v) is 13.6. The second kappa shape index (κ2) is 16.6. The van der Waals surface area contributed by atoms with E-state index >= 15 is 0 Å². The highest BCUT2D eigenvalue weighted by Gasteiger charge is 2.34. The molecule has 1 amide bonds. The van der Waals surface area contributed by atoms with Gasteiger partial charge in [-0.1, -0.05) is 115 Å². The van der Waals surface area contributed by atoms with Crippen LogP contribution in [0.15, 0.2) is 134 Å². The number of likely N-dealkylation sites (N-methyl/N-ethyl adjacent to an activating group) is 1. The third kappa shape index (κ3) is 8.52. The molecule has 9 nitrogen and oxygen atoms in total. The molecular weight excluding hydrogens is 665 g/mol. The number of ether oxygens (including phenoxy) is 2. The Morgan fingerprint density at radius 2 is 1.53 bits per heavy atom. The highest BCUT2D eigenvalue weighted by atomic mass is 16.7. The molecule has 9 heteroatoms. The number of aliphatic hydroxyl groups excluding tert-OH is 2. The van der Waals surface area contributed by atoms with Crippen molar-refractivity contribution < 1.29 is 24.5 Å². The van der Waals surface area contributed by atoms with Gasteiger partial charge in [0.15, 0.2) is 6.29 Å². The summed E-state index contributed by atoms with van der Waals surface area (Å²) in [6.07, 6.45) is 0.466. The van der Waals surface area contributed by atoms with Gasteiger partial charge in [-0.25, -0.2) is 4.98 Å². The van der Waals surface area contributed by atoms with E-state index in [2.05, 4.69) is 32.3 Å². The van der Waals surface area contributed by atoms with E-state index in [0.29, 0.717) is 25.0 Å². The van der Waals surface area contributed by atoms with Gasteiger partial charge >= 0.3 is 0 Å². The maximum atomic E-state index is 13.1. The summed E-state index contributed by atoms with van der Waals surface area (Å²) < 4.78 is 13.2. The van der Waals surface area contributed by atoms with Crippen LogP contribution in [-0.4, -0.2) is 56.7 Å². The SMILES string of the molecule is CC(C(O)c1ccccc1)N(C)CC1CC(c2ccc(CO)cc2)OC(c2ccc(-c3ccccc3CNC(=O)c3cnc4ccccc4n3)cc2)O1. The highest BCUT2D eigenvalue weighted by Crippen LogP contribution is 2.39. The van der Waals surface area contributed by atoms with Gasteiger partial charge < -0.3 is 25.0 Å². The van der Waals surface area contributed by atoms with Gasteiger partial charge in [0.05, 0.1) is 42.1 Å². The molecule has 1 saturated heterocycles. The van der Waals surface area contributed by atoms with Crippen LogP contribution in [0, 0.1) is 0 Å². The monoisotopic (exact) mass is 708 g/mol. The van der Waals surface area contributed by atoms with Gasteiger partial charge in [0.25, 0.3) is 5.91 Å². The van der Waals surface area contributed by atoms with E-state index < -0.39 is 12.4 Å². The van der Waals surface area contributed by atoms with Crippen molar-refractivity contribution in [3.63, 3.8) is 0 Å². The Morgan fingerprint density at radius 3 is 2.28 bits per heavy atom. The number of carbonyl (C=O) groups is 1. The smallest absolute Gasteiger partial charge is 0.271 e. The summed E-state index contributed by atoms with van der Waals surface area (Å²) in [5, 5.41) is 23.7. The summed E-state index contributed by atoms with van der Waals surface area (Å²) in [7, 11) is 2.01. The fraction of sp³-hybridized carbons (Fsp3) is 0.250. The molecule has 1 aliphatic heterocycles. The molecule has 0 bridgehead atoms. The minimum Gasteiger partial charge on any atom is -0.392 e. The zero-order valence-corrected chi connectivity index (χ0v) is 29.9. The predicted molar refractivity (Wildman–Crippen MR) is 205 cm³/mol. The normalized spacial score (nSPS) is 18.5. The molecule has 5 unspecified atom stereocenters. The van der Waals surface area contributed by atoms with Gasteiger partial charge in [-0.05, 0) is 59.5 Å². The van der Waals surface area contributed by atoms with Crippen molar-refractivity contribution in [2.45, 2.75) is 57.1 Å². The quantitative estimate of drug-likeness (QED) is 0.121. The molecule has 0 spiro atoms. The second-order valence-electron chi connectivity index (χ2n) is 13.6. The third-order valence-electron chi connectivity index (χ3n) is 10.0. The number of aromatic nitrogens is 2. The van der Waals surface area contributed by atoms with Gasteiger partial charge in [0, 0.05) is 31.1 Å². The summed E-state index contributed by atoms with van der Waals surface area (Å²) in [5.74, 6) is -0.287. The number of aliphatic hydroxyl groups is 2. The van der Waals surface area contributed by atoms with Gasteiger partial charge in [-0.3, -0.25) is 14.7 Å². The maximum absolute atomic E-state index is 13.1. The van der Waals surface area contributed by atoms with E-state index in [1.807, 2.05) is 129 Å². The summed E-state index contributed by atoms with van der Waals surface area (Å²) in [5.41, 5.74) is 8.27. The minimum absolute atomic E-state index is 0.0203. The lowest BCUT2D eigenvalue weighted by Crippen LogP contribution is -2.43. The molecule has 0 aliphatic carbocycles. The van der Waals surface area contributed by atoms with Crippen LogP contribution >= 0.6 is 0 Å². The van der Waals surface area contributed by atoms with Gasteiger partial charge in [-0.2, -0.15) is 0 Å². The van der Waals surface area contributed by atoms with Crippen molar-refractivity contribution in [2.24, 2.45) is 0 Å². The van der Waals surface area contributed by atoms with E-state index in [9.17, 15) is 15.0 Å². The molecule has 5 atom stereocenters. The Labute approximate surface area is 309 Å². The Kier molecular flexibility index (Phi) is 11.3. The number of nitrogens with zero attached hydrogens (tertiary/aromatic N) is 3. The van der Waals surface area contributed by atoms with E-state index in [1.165, 1.54) is 6.20 Å². The molecular formula is C44H44N4O5. The molecule has 7 rings (SSSR count). The highest BCUT2D eigenvalue weighted by molar-refractivity contribution is 5.93. The Balaban J connectivity index is 1.07. The van der Waals surface area contributed by atoms with Crippen LogP contribution in [0.25, 0.3) is 22.2 Å². The lowest BCUT2D eigenvalue weighted by molar-refractivity contribution is -0.253. The van der Waals surface area contributed by atoms with Crippen molar-refractivity contribution in [1.29, 1.82) is 0 Å². The van der Waals surface area contributed by atoms with E-state index in [0.717, 1.165) is 44.5 Å². The third-order valence-corrected chi connectivity index (χ3v) is 10.0. The summed E-state index contributed by atoms with van der Waals surface area (Å²) in [6, 6.07) is 41.1. The molecule has 53 heavy (non-hydrogen) atoms. The molecule has 1 fully saturated rings. The number of para-hydroxylation sites is 2. The first-order valence-corrected chi connectivity index (χ1v) is 18.0. The van der Waals surface area contributed by atoms with Crippen LogP contribution in [0.2, 0.25) is 0 Å². The molecule has 6 aromatic rings. The van der Waals surface area contributed by atoms with Crippen molar-refractivity contribution in [2.75, 3.05) is 13.6 Å². The number of nitrogens with one attached hydrogen (secondary N) is 1. The molecule has 0 radical (unpaired) electrons. The minimum atomic E-state index is -0.644. The summed E-state index contributed by atoms with van der Waals surface area (Å²) in [4.78, 5) is 24.1. The first-order chi connectivity index (χ1) is 25.9. The number of amides is 1. The Bertz CT molecular complexity index is 2130.